The second-order valence-electron chi connectivity index (χ2n) is 17.8. The zero-order chi connectivity index (χ0) is 39.9. The quantitative estimate of drug-likeness (QED) is 0.152. The van der Waals surface area contributed by atoms with Gasteiger partial charge in [0.2, 0.25) is 0 Å². The van der Waals surface area contributed by atoms with Crippen molar-refractivity contribution in [3.63, 3.8) is 0 Å². The third kappa shape index (κ3) is 5.60. The molecular formula is C57H50N2. The van der Waals surface area contributed by atoms with Gasteiger partial charge in [-0.2, -0.15) is 0 Å². The molecule has 0 bridgehead atoms. The number of para-hydroxylation sites is 2. The highest BCUT2D eigenvalue weighted by atomic mass is 15.2. The molecule has 0 N–H and O–H groups in total. The van der Waals surface area contributed by atoms with Gasteiger partial charge in [-0.25, -0.2) is 0 Å². The molecule has 0 aromatic heterocycles. The van der Waals surface area contributed by atoms with Crippen LogP contribution in [0.5, 0.6) is 0 Å². The summed E-state index contributed by atoms with van der Waals surface area (Å²) < 4.78 is 0. The Labute approximate surface area is 349 Å². The maximum atomic E-state index is 2.60. The average Bonchev–Trinajstić information content (AvgIpc) is 4.06. The van der Waals surface area contributed by atoms with Crippen LogP contribution in [0.3, 0.4) is 0 Å². The topological polar surface area (TPSA) is 6.48 Å². The van der Waals surface area contributed by atoms with Crippen molar-refractivity contribution in [3.8, 4) is 22.3 Å². The van der Waals surface area contributed by atoms with Gasteiger partial charge in [0.15, 0.2) is 0 Å². The van der Waals surface area contributed by atoms with Crippen LogP contribution >= 0.6 is 0 Å². The standard InChI is InChI=1S/C57H50N2/c1-5-57(4)51-24-14-8-13-22-47(51)55-49-36-48(49)54(37-53(55)57)59(41-19-11-7-12-20-41)43-31-27-39(28-32-43)38-25-29-42(30-26-38)58(40-17-9-6-10-18-40)44-33-34-46-45-21-15-16-23-50(45)56(2,3)52(46)35-44/h6-23,25-35,37,48-49H,5,24,36H2,1-4H3. The first kappa shape index (κ1) is 35.8. The van der Waals surface area contributed by atoms with Crippen LogP contribution < -0.4 is 9.80 Å². The third-order valence-corrected chi connectivity index (χ3v) is 14.2. The van der Waals surface area contributed by atoms with E-state index in [4.69, 9.17) is 0 Å². The Balaban J connectivity index is 0.928. The van der Waals surface area contributed by atoms with Crippen LogP contribution in [0.2, 0.25) is 0 Å². The van der Waals surface area contributed by atoms with Crippen LogP contribution in [0, 0.1) is 17.3 Å². The molecule has 5 aliphatic rings. The Morgan fingerprint density at radius 3 is 1.81 bits per heavy atom. The SMILES string of the molecule is CCC1(C)C2=C(C3=C1CC=CC=C3)C1CC1C(N(c1ccccc1)c1ccc(-c3ccc(N(c4ccccc4)c4ccc5c(c4)C(C)(C)c4ccccc4-5)cc3)cc1)=C2. The van der Waals surface area contributed by atoms with Crippen molar-refractivity contribution in [1.82, 2.24) is 0 Å². The summed E-state index contributed by atoms with van der Waals surface area (Å²) in [5, 5.41) is 0. The van der Waals surface area contributed by atoms with E-state index < -0.39 is 0 Å². The first-order valence-corrected chi connectivity index (χ1v) is 21.5. The smallest absolute Gasteiger partial charge is 0.0465 e. The van der Waals surface area contributed by atoms with Crippen LogP contribution in [0.15, 0.2) is 210 Å². The molecule has 11 rings (SSSR count). The number of benzene rings is 6. The number of anilines is 5. The fraction of sp³-hybridized carbons (Fsp3) is 0.193. The van der Waals surface area contributed by atoms with Gasteiger partial charge in [0.25, 0.3) is 0 Å². The van der Waals surface area contributed by atoms with Crippen LogP contribution in [0.25, 0.3) is 22.3 Å². The molecule has 0 spiro atoms. The van der Waals surface area contributed by atoms with E-state index in [0.29, 0.717) is 11.8 Å². The monoisotopic (exact) mass is 762 g/mol. The van der Waals surface area contributed by atoms with Crippen molar-refractivity contribution in [2.45, 2.75) is 52.4 Å². The zero-order valence-corrected chi connectivity index (χ0v) is 34.5. The molecule has 6 aromatic carbocycles. The largest absolute Gasteiger partial charge is 0.314 e. The molecule has 59 heavy (non-hydrogen) atoms. The summed E-state index contributed by atoms with van der Waals surface area (Å²) in [4.78, 5) is 4.94. The van der Waals surface area contributed by atoms with Crippen LogP contribution in [-0.2, 0) is 5.41 Å². The number of allylic oxidation sites excluding steroid dienone is 10. The fourth-order valence-electron chi connectivity index (χ4n) is 10.9. The maximum Gasteiger partial charge on any atom is 0.0465 e. The summed E-state index contributed by atoms with van der Waals surface area (Å²) >= 11 is 0. The molecule has 3 unspecified atom stereocenters. The molecule has 2 nitrogen and oxygen atoms in total. The van der Waals surface area contributed by atoms with Gasteiger partial charge in [0.05, 0.1) is 0 Å². The van der Waals surface area contributed by atoms with Gasteiger partial charge in [-0.05, 0) is 148 Å². The minimum Gasteiger partial charge on any atom is -0.314 e. The van der Waals surface area contributed by atoms with Crippen molar-refractivity contribution < 1.29 is 0 Å². The minimum atomic E-state index is -0.0668. The molecule has 5 aliphatic carbocycles. The van der Waals surface area contributed by atoms with Gasteiger partial charge in [0, 0.05) is 50.9 Å². The molecule has 3 atom stereocenters. The predicted molar refractivity (Wildman–Crippen MR) is 248 cm³/mol. The Bertz CT molecular complexity index is 2780. The number of nitrogens with zero attached hydrogens (tertiary/aromatic N) is 2. The van der Waals surface area contributed by atoms with E-state index in [9.17, 15) is 0 Å². The molecule has 288 valence electrons. The summed E-state index contributed by atoms with van der Waals surface area (Å²) in [6, 6.07) is 56.0. The van der Waals surface area contributed by atoms with E-state index in [-0.39, 0.29) is 10.8 Å². The first-order chi connectivity index (χ1) is 28.8. The lowest BCUT2D eigenvalue weighted by Crippen LogP contribution is -2.24. The first-order valence-electron chi connectivity index (χ1n) is 21.5. The molecule has 1 fully saturated rings. The highest BCUT2D eigenvalue weighted by Crippen LogP contribution is 2.65. The van der Waals surface area contributed by atoms with E-state index in [1.54, 1.807) is 16.7 Å². The summed E-state index contributed by atoms with van der Waals surface area (Å²) in [7, 11) is 0. The third-order valence-electron chi connectivity index (χ3n) is 14.2. The van der Waals surface area contributed by atoms with Crippen LogP contribution in [0.4, 0.5) is 28.4 Å². The Morgan fingerprint density at radius 2 is 1.14 bits per heavy atom. The lowest BCUT2D eigenvalue weighted by atomic mass is 9.73. The van der Waals surface area contributed by atoms with Gasteiger partial charge in [-0.15, -0.1) is 0 Å². The lowest BCUT2D eigenvalue weighted by Gasteiger charge is -2.34. The summed E-state index contributed by atoms with van der Waals surface area (Å²) in [6.07, 6.45) is 15.2. The summed E-state index contributed by atoms with van der Waals surface area (Å²) in [6.45, 7) is 9.57. The van der Waals surface area contributed by atoms with Gasteiger partial charge in [-0.3, -0.25) is 0 Å². The van der Waals surface area contributed by atoms with E-state index in [1.165, 1.54) is 68.1 Å². The highest BCUT2D eigenvalue weighted by molar-refractivity contribution is 5.86. The van der Waals surface area contributed by atoms with Crippen molar-refractivity contribution in [3.05, 3.63) is 221 Å². The number of rotatable bonds is 8. The minimum absolute atomic E-state index is 0.0555. The van der Waals surface area contributed by atoms with Gasteiger partial charge in [0.1, 0.15) is 0 Å². The highest BCUT2D eigenvalue weighted by Gasteiger charge is 2.54. The maximum absolute atomic E-state index is 2.60. The Morgan fingerprint density at radius 1 is 0.559 bits per heavy atom. The molecule has 0 saturated heterocycles. The van der Waals surface area contributed by atoms with E-state index in [0.717, 1.165) is 24.2 Å². The number of hydrogen-bond acceptors (Lipinski definition) is 2. The predicted octanol–water partition coefficient (Wildman–Crippen LogP) is 15.3. The number of hydrogen-bond donors (Lipinski definition) is 0. The fourth-order valence-corrected chi connectivity index (χ4v) is 10.9. The lowest BCUT2D eigenvalue weighted by molar-refractivity contribution is 0.467. The average molecular weight is 763 g/mol. The molecule has 6 aromatic rings. The van der Waals surface area contributed by atoms with Gasteiger partial charge >= 0.3 is 0 Å². The molecule has 1 saturated carbocycles. The van der Waals surface area contributed by atoms with Gasteiger partial charge in [-0.1, -0.05) is 143 Å². The summed E-state index contributed by atoms with van der Waals surface area (Å²) in [5.41, 5.74) is 21.5. The second kappa shape index (κ2) is 13.6. The zero-order valence-electron chi connectivity index (χ0n) is 34.5. The number of fused-ring (bicyclic) bond motifs is 6. The van der Waals surface area contributed by atoms with Crippen LogP contribution in [-0.4, -0.2) is 0 Å². The Kier molecular flexibility index (Phi) is 8.24. The normalized spacial score (nSPS) is 21.5. The van der Waals surface area contributed by atoms with E-state index in [2.05, 4.69) is 220 Å². The van der Waals surface area contributed by atoms with Crippen LogP contribution in [0.1, 0.15) is 58.1 Å². The molecule has 0 amide bonds. The molecule has 0 aliphatic heterocycles. The molecule has 0 heterocycles. The van der Waals surface area contributed by atoms with Crippen molar-refractivity contribution in [2.24, 2.45) is 17.3 Å². The molecular weight excluding hydrogens is 713 g/mol. The van der Waals surface area contributed by atoms with E-state index >= 15 is 0 Å². The molecule has 0 radical (unpaired) electrons. The molecule has 2 heteroatoms. The second-order valence-corrected chi connectivity index (χ2v) is 17.8. The van der Waals surface area contributed by atoms with E-state index in [1.807, 2.05) is 0 Å². The van der Waals surface area contributed by atoms with Crippen molar-refractivity contribution in [1.29, 1.82) is 0 Å². The van der Waals surface area contributed by atoms with Crippen molar-refractivity contribution in [2.75, 3.05) is 9.80 Å². The Hall–Kier alpha value is -6.38. The summed E-state index contributed by atoms with van der Waals surface area (Å²) in [5.74, 6) is 1.11. The van der Waals surface area contributed by atoms with Gasteiger partial charge < -0.3 is 9.80 Å². The van der Waals surface area contributed by atoms with Crippen molar-refractivity contribution >= 4 is 28.4 Å².